The minimum atomic E-state index is 0.0626. The molecule has 2 atom stereocenters. The molecule has 1 radical (unpaired) electrons. The smallest absolute Gasteiger partial charge is 0.316 e. The van der Waals surface area contributed by atoms with Crippen LogP contribution in [0.3, 0.4) is 0 Å². The molecule has 1 aliphatic heterocycles. The van der Waals surface area contributed by atoms with Crippen LogP contribution in [0.25, 0.3) is 0 Å². The van der Waals surface area contributed by atoms with E-state index in [9.17, 15) is 4.79 Å². The predicted octanol–water partition coefficient (Wildman–Crippen LogP) is 3.28. The fourth-order valence-corrected chi connectivity index (χ4v) is 3.28. The van der Waals surface area contributed by atoms with Crippen molar-refractivity contribution in [3.05, 3.63) is 34.7 Å². The molecule has 113 valence electrons. The average molecular weight is 304 g/mol. The second kappa shape index (κ2) is 8.40. The zero-order chi connectivity index (χ0) is 15.1. The van der Waals surface area contributed by atoms with E-state index in [0.717, 1.165) is 31.4 Å². The summed E-state index contributed by atoms with van der Waals surface area (Å²) < 4.78 is 5.70. The number of hydrogen-bond donors (Lipinski definition) is 1. The Morgan fingerprint density at radius 3 is 3.05 bits per heavy atom. The largest absolute Gasteiger partial charge is 0.435 e. The average Bonchev–Trinajstić information content (AvgIpc) is 2.94. The zero-order valence-electron chi connectivity index (χ0n) is 12.6. The van der Waals surface area contributed by atoms with Crippen LogP contribution in [0.2, 0.25) is 0 Å². The SMILES string of the molecule is C=C(Cc1cccs1)NC1[B]OC(CC(=O)CCC)CC1. The van der Waals surface area contributed by atoms with Gasteiger partial charge in [-0.25, -0.2) is 0 Å². The van der Waals surface area contributed by atoms with Crippen LogP contribution < -0.4 is 5.32 Å². The van der Waals surface area contributed by atoms with Crippen molar-refractivity contribution in [1.82, 2.24) is 5.32 Å². The number of Topliss-reactive ketones (excluding diaryl/α,β-unsaturated/α-hetero) is 1. The number of hydrogen-bond acceptors (Lipinski definition) is 4. The van der Waals surface area contributed by atoms with Crippen LogP contribution in [0.5, 0.6) is 0 Å². The molecule has 0 aliphatic carbocycles. The lowest BCUT2D eigenvalue weighted by Gasteiger charge is -2.29. The Balaban J connectivity index is 1.66. The van der Waals surface area contributed by atoms with Crippen molar-refractivity contribution in [3.63, 3.8) is 0 Å². The summed E-state index contributed by atoms with van der Waals surface area (Å²) in [5.74, 6) is 0.513. The third-order valence-electron chi connectivity index (χ3n) is 3.58. The maximum absolute atomic E-state index is 11.6. The van der Waals surface area contributed by atoms with Crippen LogP contribution in [-0.4, -0.2) is 25.3 Å². The van der Waals surface area contributed by atoms with Crippen molar-refractivity contribution in [2.24, 2.45) is 0 Å². The maximum Gasteiger partial charge on any atom is 0.316 e. The molecule has 0 bridgehead atoms. The van der Waals surface area contributed by atoms with Crippen molar-refractivity contribution in [1.29, 1.82) is 0 Å². The van der Waals surface area contributed by atoms with Crippen LogP contribution in [0.1, 0.15) is 43.9 Å². The summed E-state index contributed by atoms with van der Waals surface area (Å²) >= 11 is 1.75. The fraction of sp³-hybridized carbons (Fsp3) is 0.562. The number of nitrogens with one attached hydrogen (secondary N) is 1. The summed E-state index contributed by atoms with van der Waals surface area (Å²) in [5, 5.41) is 5.48. The normalized spacial score (nSPS) is 21.6. The molecule has 2 unspecified atom stereocenters. The number of rotatable bonds is 8. The third-order valence-corrected chi connectivity index (χ3v) is 4.45. The Kier molecular flexibility index (Phi) is 6.52. The Morgan fingerprint density at radius 1 is 1.57 bits per heavy atom. The Labute approximate surface area is 132 Å². The van der Waals surface area contributed by atoms with E-state index in [1.807, 2.05) is 14.4 Å². The number of carbonyl (C=O) groups excluding carboxylic acids is 1. The molecular formula is C16H23BNO2S. The van der Waals surface area contributed by atoms with Gasteiger partial charge in [-0.2, -0.15) is 0 Å². The Morgan fingerprint density at radius 2 is 2.43 bits per heavy atom. The Hall–Kier alpha value is -1.07. The highest BCUT2D eigenvalue weighted by molar-refractivity contribution is 7.09. The van der Waals surface area contributed by atoms with Gasteiger partial charge in [-0.3, -0.25) is 4.79 Å². The molecule has 2 heterocycles. The predicted molar refractivity (Wildman–Crippen MR) is 88.5 cm³/mol. The Bertz CT molecular complexity index is 453. The summed E-state index contributed by atoms with van der Waals surface area (Å²) in [6.07, 6.45) is 4.98. The van der Waals surface area contributed by atoms with Gasteiger partial charge >= 0.3 is 7.48 Å². The number of carbonyl (C=O) groups is 1. The van der Waals surface area contributed by atoms with E-state index >= 15 is 0 Å². The fourth-order valence-electron chi connectivity index (χ4n) is 2.54. The zero-order valence-corrected chi connectivity index (χ0v) is 13.5. The summed E-state index contributed by atoms with van der Waals surface area (Å²) in [6, 6.07) is 4.18. The maximum atomic E-state index is 11.6. The molecule has 0 amide bonds. The number of allylic oxidation sites excluding steroid dienone is 1. The minimum Gasteiger partial charge on any atom is -0.435 e. The van der Waals surface area contributed by atoms with Gasteiger partial charge in [-0.1, -0.05) is 19.6 Å². The quantitative estimate of drug-likeness (QED) is 0.749. The van der Waals surface area contributed by atoms with Crippen LogP contribution in [0, 0.1) is 0 Å². The second-order valence-corrected chi connectivity index (χ2v) is 6.61. The van der Waals surface area contributed by atoms with Crippen LogP contribution in [0.15, 0.2) is 29.8 Å². The van der Waals surface area contributed by atoms with Gasteiger partial charge in [0.05, 0.1) is 0 Å². The van der Waals surface area contributed by atoms with Crippen molar-refractivity contribution in [2.75, 3.05) is 0 Å². The van der Waals surface area contributed by atoms with Crippen LogP contribution in [0.4, 0.5) is 0 Å². The summed E-state index contributed by atoms with van der Waals surface area (Å²) in [6.45, 7) is 6.11. The molecule has 0 aromatic carbocycles. The first-order chi connectivity index (χ1) is 10.2. The number of ketones is 1. The van der Waals surface area contributed by atoms with E-state index in [0.29, 0.717) is 18.6 Å². The third kappa shape index (κ3) is 5.67. The molecule has 3 nitrogen and oxygen atoms in total. The van der Waals surface area contributed by atoms with Gasteiger partial charge in [-0.05, 0) is 30.7 Å². The van der Waals surface area contributed by atoms with Gasteiger partial charge in [0.25, 0.3) is 0 Å². The summed E-state index contributed by atoms with van der Waals surface area (Å²) in [7, 11) is 1.84. The molecule has 1 fully saturated rings. The minimum absolute atomic E-state index is 0.0626. The first-order valence-electron chi connectivity index (χ1n) is 7.64. The van der Waals surface area contributed by atoms with Gasteiger partial charge in [0.1, 0.15) is 5.78 Å². The highest BCUT2D eigenvalue weighted by atomic mass is 32.1. The molecular weight excluding hydrogens is 281 g/mol. The van der Waals surface area contributed by atoms with Crippen molar-refractivity contribution in [2.45, 2.75) is 57.5 Å². The standard InChI is InChI=1S/C16H23BNO2S/c1-3-5-13(19)11-14-7-8-16(17-20-14)18-12(2)10-15-6-4-9-21-15/h4,6,9,14,16,18H,2-3,5,7-8,10-11H2,1H3. The van der Waals surface area contributed by atoms with Gasteiger partial charge < -0.3 is 9.97 Å². The van der Waals surface area contributed by atoms with E-state index in [2.05, 4.69) is 29.4 Å². The lowest BCUT2D eigenvalue weighted by Crippen LogP contribution is -2.42. The molecule has 0 spiro atoms. The summed E-state index contributed by atoms with van der Waals surface area (Å²) in [4.78, 5) is 12.9. The molecule has 1 saturated heterocycles. The van der Waals surface area contributed by atoms with Gasteiger partial charge in [0.2, 0.25) is 0 Å². The topological polar surface area (TPSA) is 38.3 Å². The molecule has 1 aromatic heterocycles. The van der Waals surface area contributed by atoms with Crippen LogP contribution >= 0.6 is 11.3 Å². The van der Waals surface area contributed by atoms with Gasteiger partial charge in [-0.15, -0.1) is 11.3 Å². The number of thiophene rings is 1. The molecule has 1 aromatic rings. The van der Waals surface area contributed by atoms with Crippen LogP contribution in [-0.2, 0) is 15.9 Å². The van der Waals surface area contributed by atoms with E-state index in [4.69, 9.17) is 4.65 Å². The van der Waals surface area contributed by atoms with Crippen molar-refractivity contribution < 1.29 is 9.45 Å². The summed E-state index contributed by atoms with van der Waals surface area (Å²) in [5.41, 5.74) is 1.02. The highest BCUT2D eigenvalue weighted by Gasteiger charge is 2.25. The lowest BCUT2D eigenvalue weighted by molar-refractivity contribution is -0.120. The second-order valence-electron chi connectivity index (χ2n) is 5.57. The van der Waals surface area contributed by atoms with E-state index in [1.54, 1.807) is 11.3 Å². The van der Waals surface area contributed by atoms with E-state index in [-0.39, 0.29) is 12.0 Å². The molecule has 5 heteroatoms. The highest BCUT2D eigenvalue weighted by Crippen LogP contribution is 2.18. The first-order valence-corrected chi connectivity index (χ1v) is 8.52. The van der Waals surface area contributed by atoms with E-state index in [1.165, 1.54) is 4.88 Å². The lowest BCUT2D eigenvalue weighted by atomic mass is 9.78. The first kappa shape index (κ1) is 16.3. The van der Waals surface area contributed by atoms with Gasteiger partial charge in [0.15, 0.2) is 0 Å². The van der Waals surface area contributed by atoms with Gasteiger partial charge in [0, 0.05) is 41.9 Å². The van der Waals surface area contributed by atoms with Crippen molar-refractivity contribution >= 4 is 24.6 Å². The van der Waals surface area contributed by atoms with Crippen molar-refractivity contribution in [3.8, 4) is 0 Å². The molecule has 1 aliphatic rings. The molecule has 0 saturated carbocycles. The molecule has 21 heavy (non-hydrogen) atoms. The molecule has 2 rings (SSSR count). The monoisotopic (exact) mass is 304 g/mol. The molecule has 1 N–H and O–H groups in total. The van der Waals surface area contributed by atoms with E-state index < -0.39 is 0 Å².